The Morgan fingerprint density at radius 2 is 1.64 bits per heavy atom. The molecule has 1 fully saturated rings. The van der Waals surface area contributed by atoms with Gasteiger partial charge in [-0.25, -0.2) is 0 Å². The molecule has 1 saturated carbocycles. The Hall–Kier alpha value is -0.900. The van der Waals surface area contributed by atoms with Gasteiger partial charge in [-0.1, -0.05) is 51.9 Å². The molecule has 1 rings (SSSR count). The number of carbonyl (C=O) groups excluding carboxylic acids is 2. The quantitative estimate of drug-likeness (QED) is 0.574. The molecule has 2 N–H and O–H groups in total. The number of amides is 1. The van der Waals surface area contributed by atoms with Crippen molar-refractivity contribution < 1.29 is 14.7 Å². The first-order valence-corrected chi connectivity index (χ1v) is 9.11. The Bertz CT molecular complexity index is 335. The van der Waals surface area contributed by atoms with E-state index in [-0.39, 0.29) is 11.7 Å². The normalized spacial score (nSPS) is 17.2. The zero-order chi connectivity index (χ0) is 16.3. The van der Waals surface area contributed by atoms with Crippen molar-refractivity contribution in [2.45, 2.75) is 96.0 Å². The lowest BCUT2D eigenvalue weighted by Crippen LogP contribution is -2.40. The van der Waals surface area contributed by atoms with Gasteiger partial charge in [0.2, 0.25) is 5.91 Å². The van der Waals surface area contributed by atoms with Gasteiger partial charge in [0.1, 0.15) is 5.60 Å². The number of aliphatic hydroxyl groups is 1. The zero-order valence-electron chi connectivity index (χ0n) is 14.2. The van der Waals surface area contributed by atoms with E-state index in [1.165, 1.54) is 19.3 Å². The summed E-state index contributed by atoms with van der Waals surface area (Å²) in [5.41, 5.74) is -1.08. The van der Waals surface area contributed by atoms with Crippen LogP contribution in [0.3, 0.4) is 0 Å². The third-order valence-electron chi connectivity index (χ3n) is 4.61. The van der Waals surface area contributed by atoms with Gasteiger partial charge in [-0.2, -0.15) is 0 Å². The SMILES string of the molecule is CCCCCCCC(=O)NCCCC(=O)C1(O)CCCCC1. The van der Waals surface area contributed by atoms with Gasteiger partial charge in [-0.3, -0.25) is 9.59 Å². The lowest BCUT2D eigenvalue weighted by atomic mass is 9.80. The first-order valence-electron chi connectivity index (χ1n) is 9.11. The molecular weight excluding hydrogens is 278 g/mol. The highest BCUT2D eigenvalue weighted by Gasteiger charge is 2.35. The van der Waals surface area contributed by atoms with Gasteiger partial charge in [0.15, 0.2) is 5.78 Å². The minimum Gasteiger partial charge on any atom is -0.382 e. The van der Waals surface area contributed by atoms with Crippen LogP contribution in [-0.2, 0) is 9.59 Å². The first kappa shape index (κ1) is 19.1. The van der Waals surface area contributed by atoms with Crippen LogP contribution in [0.5, 0.6) is 0 Å². The summed E-state index contributed by atoms with van der Waals surface area (Å²) in [6, 6.07) is 0. The molecule has 1 aliphatic rings. The van der Waals surface area contributed by atoms with Gasteiger partial charge >= 0.3 is 0 Å². The van der Waals surface area contributed by atoms with Crippen LogP contribution in [0.15, 0.2) is 0 Å². The summed E-state index contributed by atoms with van der Waals surface area (Å²) in [6.07, 6.45) is 11.5. The maximum absolute atomic E-state index is 12.1. The fraction of sp³-hybridized carbons (Fsp3) is 0.889. The molecule has 4 nitrogen and oxygen atoms in total. The Labute approximate surface area is 135 Å². The molecule has 0 aromatic heterocycles. The lowest BCUT2D eigenvalue weighted by molar-refractivity contribution is -0.140. The van der Waals surface area contributed by atoms with Crippen molar-refractivity contribution in [3.05, 3.63) is 0 Å². The molecule has 1 aliphatic carbocycles. The van der Waals surface area contributed by atoms with E-state index in [0.717, 1.165) is 32.1 Å². The fourth-order valence-electron chi connectivity index (χ4n) is 3.10. The number of Topliss-reactive ketones (excluding diaryl/α,β-unsaturated/α-hetero) is 1. The van der Waals surface area contributed by atoms with Crippen molar-refractivity contribution in [1.82, 2.24) is 5.32 Å². The molecule has 0 atom stereocenters. The average Bonchev–Trinajstić information content (AvgIpc) is 2.52. The molecule has 0 unspecified atom stereocenters. The number of rotatable bonds is 11. The van der Waals surface area contributed by atoms with Gasteiger partial charge in [0.25, 0.3) is 0 Å². The number of nitrogens with one attached hydrogen (secondary N) is 1. The number of hydrogen-bond donors (Lipinski definition) is 2. The molecule has 128 valence electrons. The predicted molar refractivity (Wildman–Crippen MR) is 88.7 cm³/mol. The van der Waals surface area contributed by atoms with Crippen molar-refractivity contribution >= 4 is 11.7 Å². The Morgan fingerprint density at radius 1 is 0.955 bits per heavy atom. The van der Waals surface area contributed by atoms with E-state index in [1.807, 2.05) is 0 Å². The van der Waals surface area contributed by atoms with Gasteiger partial charge in [-0.15, -0.1) is 0 Å². The van der Waals surface area contributed by atoms with E-state index in [0.29, 0.717) is 38.6 Å². The van der Waals surface area contributed by atoms with Gasteiger partial charge < -0.3 is 10.4 Å². The topological polar surface area (TPSA) is 66.4 Å². The molecule has 0 aromatic rings. The molecular formula is C18H33NO3. The molecule has 1 amide bonds. The van der Waals surface area contributed by atoms with Crippen molar-refractivity contribution in [3.63, 3.8) is 0 Å². The van der Waals surface area contributed by atoms with Crippen LogP contribution in [-0.4, -0.2) is 28.9 Å². The van der Waals surface area contributed by atoms with Crippen molar-refractivity contribution in [2.24, 2.45) is 0 Å². The van der Waals surface area contributed by atoms with Crippen LogP contribution in [0.2, 0.25) is 0 Å². The van der Waals surface area contributed by atoms with Crippen LogP contribution in [0.25, 0.3) is 0 Å². The maximum atomic E-state index is 12.1. The van der Waals surface area contributed by atoms with E-state index in [1.54, 1.807) is 0 Å². The average molecular weight is 311 g/mol. The second kappa shape index (κ2) is 10.8. The van der Waals surface area contributed by atoms with Gasteiger partial charge in [0.05, 0.1) is 0 Å². The monoisotopic (exact) mass is 311 g/mol. The van der Waals surface area contributed by atoms with Crippen LogP contribution in [0.4, 0.5) is 0 Å². The highest BCUT2D eigenvalue weighted by atomic mass is 16.3. The van der Waals surface area contributed by atoms with Crippen LogP contribution >= 0.6 is 0 Å². The van der Waals surface area contributed by atoms with Gasteiger partial charge in [-0.05, 0) is 25.7 Å². The Kier molecular flexibility index (Phi) is 9.37. The summed E-state index contributed by atoms with van der Waals surface area (Å²) in [5, 5.41) is 13.2. The van der Waals surface area contributed by atoms with Gasteiger partial charge in [0, 0.05) is 19.4 Å². The van der Waals surface area contributed by atoms with E-state index in [2.05, 4.69) is 12.2 Å². The van der Waals surface area contributed by atoms with E-state index >= 15 is 0 Å². The minimum absolute atomic E-state index is 0.0407. The molecule has 22 heavy (non-hydrogen) atoms. The maximum Gasteiger partial charge on any atom is 0.219 e. The molecule has 0 radical (unpaired) electrons. The fourth-order valence-corrected chi connectivity index (χ4v) is 3.10. The van der Waals surface area contributed by atoms with Crippen molar-refractivity contribution in [3.8, 4) is 0 Å². The standard InChI is InChI=1S/C18H33NO3/c1-2-3-4-5-7-12-17(21)19-15-10-11-16(20)18(22)13-8-6-9-14-18/h22H,2-15H2,1H3,(H,19,21). The van der Waals surface area contributed by atoms with Crippen LogP contribution < -0.4 is 5.32 Å². The first-order chi connectivity index (χ1) is 10.6. The minimum atomic E-state index is -1.08. The Balaban J connectivity index is 2.04. The molecule has 0 spiro atoms. The molecule has 0 saturated heterocycles. The predicted octanol–water partition coefficient (Wildman–Crippen LogP) is 3.51. The van der Waals surface area contributed by atoms with Crippen molar-refractivity contribution in [2.75, 3.05) is 6.54 Å². The molecule has 0 heterocycles. The second-order valence-electron chi connectivity index (χ2n) is 6.63. The molecule has 4 heteroatoms. The summed E-state index contributed by atoms with van der Waals surface area (Å²) in [7, 11) is 0. The summed E-state index contributed by atoms with van der Waals surface area (Å²) in [6.45, 7) is 2.72. The third kappa shape index (κ3) is 7.39. The highest BCUT2D eigenvalue weighted by Crippen LogP contribution is 2.29. The molecule has 0 aromatic carbocycles. The second-order valence-corrected chi connectivity index (χ2v) is 6.63. The summed E-state index contributed by atoms with van der Waals surface area (Å²) < 4.78 is 0. The third-order valence-corrected chi connectivity index (χ3v) is 4.61. The number of unbranched alkanes of at least 4 members (excludes halogenated alkanes) is 4. The van der Waals surface area contributed by atoms with E-state index < -0.39 is 5.60 Å². The Morgan fingerprint density at radius 3 is 2.32 bits per heavy atom. The molecule has 0 bridgehead atoms. The largest absolute Gasteiger partial charge is 0.382 e. The van der Waals surface area contributed by atoms with E-state index in [9.17, 15) is 14.7 Å². The van der Waals surface area contributed by atoms with E-state index in [4.69, 9.17) is 0 Å². The zero-order valence-corrected chi connectivity index (χ0v) is 14.2. The molecule has 0 aliphatic heterocycles. The lowest BCUT2D eigenvalue weighted by Gasteiger charge is -2.30. The highest BCUT2D eigenvalue weighted by molar-refractivity contribution is 5.87. The number of ketones is 1. The summed E-state index contributed by atoms with van der Waals surface area (Å²) in [4.78, 5) is 23.7. The van der Waals surface area contributed by atoms with Crippen molar-refractivity contribution in [1.29, 1.82) is 0 Å². The van der Waals surface area contributed by atoms with Crippen LogP contribution in [0, 0.1) is 0 Å². The summed E-state index contributed by atoms with van der Waals surface area (Å²) >= 11 is 0. The number of carbonyl (C=O) groups is 2. The number of hydrogen-bond acceptors (Lipinski definition) is 3. The smallest absolute Gasteiger partial charge is 0.219 e. The van der Waals surface area contributed by atoms with Crippen LogP contribution in [0.1, 0.15) is 90.4 Å². The summed E-state index contributed by atoms with van der Waals surface area (Å²) in [5.74, 6) is 0.0429.